The quantitative estimate of drug-likeness (QED) is 0.623. The Morgan fingerprint density at radius 2 is 2.18 bits per heavy atom. The van der Waals surface area contributed by atoms with Crippen LogP contribution in [-0.2, 0) is 11.3 Å². The van der Waals surface area contributed by atoms with Gasteiger partial charge in [-0.25, -0.2) is 9.18 Å². The maximum absolute atomic E-state index is 12.5. The molecule has 2 rings (SSSR count). The topological polar surface area (TPSA) is 82.8 Å². The predicted octanol–water partition coefficient (Wildman–Crippen LogP) is 2.18. The fourth-order valence-corrected chi connectivity index (χ4v) is 1.83. The highest BCUT2D eigenvalue weighted by Gasteiger charge is 2.18. The molecule has 0 saturated heterocycles. The minimum atomic E-state index is -1.04. The van der Waals surface area contributed by atoms with Crippen molar-refractivity contribution in [3.8, 4) is 11.6 Å². The molecular weight excluding hydrogens is 295 g/mol. The first-order valence-electron chi connectivity index (χ1n) is 6.51. The molecule has 1 heterocycles. The molecule has 0 radical (unpaired) electrons. The number of carbonyl (C=O) groups is 1. The molecular formula is C14H15FN2O5. The standard InChI is InChI=1S/C14H15FN2O5/c1-2-20-14(18)10-4-3-5-12(22-9-15)11(10)8-21-13-6-7-17(19)16-13/h3-7,19H,2,8-9H2,1H3. The Morgan fingerprint density at radius 1 is 1.36 bits per heavy atom. The van der Waals surface area contributed by atoms with Gasteiger partial charge in [0.2, 0.25) is 12.7 Å². The van der Waals surface area contributed by atoms with Gasteiger partial charge in [-0.05, 0) is 19.1 Å². The van der Waals surface area contributed by atoms with Crippen LogP contribution in [0, 0.1) is 0 Å². The molecule has 0 bridgehead atoms. The molecule has 1 aromatic carbocycles. The van der Waals surface area contributed by atoms with E-state index in [1.807, 2.05) is 0 Å². The first-order chi connectivity index (χ1) is 10.7. The molecule has 2 aromatic rings. The van der Waals surface area contributed by atoms with E-state index in [1.54, 1.807) is 13.0 Å². The maximum Gasteiger partial charge on any atom is 0.338 e. The van der Waals surface area contributed by atoms with Crippen molar-refractivity contribution in [2.24, 2.45) is 0 Å². The SMILES string of the molecule is CCOC(=O)c1cccc(OCF)c1COc1ccn(O)n1. The van der Waals surface area contributed by atoms with Gasteiger partial charge in [-0.2, -0.15) is 0 Å². The third-order valence-corrected chi connectivity index (χ3v) is 2.75. The van der Waals surface area contributed by atoms with Crippen molar-refractivity contribution in [1.82, 2.24) is 9.94 Å². The van der Waals surface area contributed by atoms with Gasteiger partial charge in [-0.1, -0.05) is 11.2 Å². The fourth-order valence-electron chi connectivity index (χ4n) is 1.83. The third-order valence-electron chi connectivity index (χ3n) is 2.75. The zero-order chi connectivity index (χ0) is 15.9. The van der Waals surface area contributed by atoms with Gasteiger partial charge in [0, 0.05) is 11.6 Å². The predicted molar refractivity (Wildman–Crippen MR) is 72.7 cm³/mol. The summed E-state index contributed by atoms with van der Waals surface area (Å²) in [5, 5.41) is 12.7. The van der Waals surface area contributed by atoms with Gasteiger partial charge in [0.25, 0.3) is 0 Å². The average Bonchev–Trinajstić information content (AvgIpc) is 2.92. The summed E-state index contributed by atoms with van der Waals surface area (Å²) in [7, 11) is 0. The Kier molecular flexibility index (Phi) is 5.18. The van der Waals surface area contributed by atoms with Gasteiger partial charge in [0.15, 0.2) is 0 Å². The number of hydrogen-bond donors (Lipinski definition) is 1. The lowest BCUT2D eigenvalue weighted by Crippen LogP contribution is -2.12. The Labute approximate surface area is 125 Å². The Bertz CT molecular complexity index is 644. The second kappa shape index (κ2) is 7.30. The van der Waals surface area contributed by atoms with E-state index in [0.29, 0.717) is 10.4 Å². The van der Waals surface area contributed by atoms with Crippen molar-refractivity contribution in [2.45, 2.75) is 13.5 Å². The van der Waals surface area contributed by atoms with Gasteiger partial charge < -0.3 is 19.4 Å². The zero-order valence-corrected chi connectivity index (χ0v) is 11.9. The largest absolute Gasteiger partial charge is 0.471 e. The molecule has 1 aromatic heterocycles. The van der Waals surface area contributed by atoms with E-state index in [2.05, 4.69) is 5.10 Å². The summed E-state index contributed by atoms with van der Waals surface area (Å²) in [6.45, 7) is 0.762. The summed E-state index contributed by atoms with van der Waals surface area (Å²) in [6, 6.07) is 6.05. The second-order valence-corrected chi connectivity index (χ2v) is 4.12. The molecule has 0 atom stereocenters. The van der Waals surface area contributed by atoms with Crippen LogP contribution in [0.25, 0.3) is 0 Å². The summed E-state index contributed by atoms with van der Waals surface area (Å²) in [4.78, 5) is 12.5. The highest BCUT2D eigenvalue weighted by Crippen LogP contribution is 2.25. The van der Waals surface area contributed by atoms with Crippen molar-refractivity contribution in [2.75, 3.05) is 13.5 Å². The van der Waals surface area contributed by atoms with E-state index in [1.165, 1.54) is 24.4 Å². The van der Waals surface area contributed by atoms with Crippen molar-refractivity contribution in [3.63, 3.8) is 0 Å². The second-order valence-electron chi connectivity index (χ2n) is 4.12. The van der Waals surface area contributed by atoms with Crippen LogP contribution in [0.5, 0.6) is 11.6 Å². The van der Waals surface area contributed by atoms with Crippen molar-refractivity contribution >= 4 is 5.97 Å². The summed E-state index contributed by atoms with van der Waals surface area (Å²) in [5.74, 6) is -0.234. The van der Waals surface area contributed by atoms with Crippen LogP contribution in [0.15, 0.2) is 30.5 Å². The molecule has 0 saturated carbocycles. The van der Waals surface area contributed by atoms with Crippen molar-refractivity contribution in [1.29, 1.82) is 0 Å². The number of ether oxygens (including phenoxy) is 3. The van der Waals surface area contributed by atoms with Crippen LogP contribution < -0.4 is 9.47 Å². The number of halogens is 1. The summed E-state index contributed by atoms with van der Waals surface area (Å²) >= 11 is 0. The molecule has 1 N–H and O–H groups in total. The number of nitrogens with zero attached hydrogens (tertiary/aromatic N) is 2. The van der Waals surface area contributed by atoms with E-state index >= 15 is 0 Å². The van der Waals surface area contributed by atoms with E-state index in [4.69, 9.17) is 19.4 Å². The molecule has 8 heteroatoms. The van der Waals surface area contributed by atoms with Crippen molar-refractivity contribution < 1.29 is 28.6 Å². The number of carbonyl (C=O) groups excluding carboxylic acids is 1. The van der Waals surface area contributed by atoms with Crippen molar-refractivity contribution in [3.05, 3.63) is 41.6 Å². The number of hydrogen-bond acceptors (Lipinski definition) is 6. The summed E-state index contributed by atoms with van der Waals surface area (Å²) in [6.07, 6.45) is 1.28. The van der Waals surface area contributed by atoms with E-state index in [0.717, 1.165) is 0 Å². The van der Waals surface area contributed by atoms with Gasteiger partial charge in [-0.15, -0.1) is 4.85 Å². The monoisotopic (exact) mass is 310 g/mol. The fraction of sp³-hybridized carbons (Fsp3) is 0.286. The molecule has 0 spiro atoms. The van der Waals surface area contributed by atoms with Gasteiger partial charge in [0.1, 0.15) is 12.4 Å². The Hall–Kier alpha value is -2.77. The van der Waals surface area contributed by atoms with E-state index in [-0.39, 0.29) is 30.4 Å². The summed E-state index contributed by atoms with van der Waals surface area (Å²) < 4.78 is 27.7. The van der Waals surface area contributed by atoms with Crippen LogP contribution >= 0.6 is 0 Å². The van der Waals surface area contributed by atoms with E-state index in [9.17, 15) is 9.18 Å². The number of benzene rings is 1. The van der Waals surface area contributed by atoms with Crippen LogP contribution in [0.3, 0.4) is 0 Å². The van der Waals surface area contributed by atoms with Crippen LogP contribution in [0.1, 0.15) is 22.8 Å². The van der Waals surface area contributed by atoms with Crippen LogP contribution in [0.4, 0.5) is 4.39 Å². The normalized spacial score (nSPS) is 10.3. The molecule has 0 aliphatic heterocycles. The lowest BCUT2D eigenvalue weighted by Gasteiger charge is -2.13. The molecule has 0 aliphatic carbocycles. The number of esters is 1. The highest BCUT2D eigenvalue weighted by atomic mass is 19.1. The minimum Gasteiger partial charge on any atom is -0.471 e. The minimum absolute atomic E-state index is 0.0959. The summed E-state index contributed by atoms with van der Waals surface area (Å²) in [5.41, 5.74) is 0.558. The van der Waals surface area contributed by atoms with Crippen LogP contribution in [0.2, 0.25) is 0 Å². The molecule has 0 fully saturated rings. The number of rotatable bonds is 7. The lowest BCUT2D eigenvalue weighted by molar-refractivity contribution is 0.0521. The Balaban J connectivity index is 2.26. The number of aromatic nitrogens is 2. The highest BCUT2D eigenvalue weighted by molar-refractivity contribution is 5.91. The number of alkyl halides is 1. The average molecular weight is 310 g/mol. The van der Waals surface area contributed by atoms with Gasteiger partial charge >= 0.3 is 5.97 Å². The van der Waals surface area contributed by atoms with Gasteiger partial charge in [-0.3, -0.25) is 0 Å². The molecule has 0 unspecified atom stereocenters. The molecule has 0 aliphatic rings. The first-order valence-corrected chi connectivity index (χ1v) is 6.51. The zero-order valence-electron chi connectivity index (χ0n) is 11.9. The molecule has 0 amide bonds. The molecule has 118 valence electrons. The lowest BCUT2D eigenvalue weighted by atomic mass is 10.1. The third kappa shape index (κ3) is 3.66. The Morgan fingerprint density at radius 3 is 2.82 bits per heavy atom. The van der Waals surface area contributed by atoms with E-state index < -0.39 is 12.8 Å². The van der Waals surface area contributed by atoms with Gasteiger partial charge in [0.05, 0.1) is 18.4 Å². The molecule has 7 nitrogen and oxygen atoms in total. The molecule has 22 heavy (non-hydrogen) atoms. The first kappa shape index (κ1) is 15.6. The van der Waals surface area contributed by atoms with Crippen LogP contribution in [-0.4, -0.2) is 34.6 Å². The maximum atomic E-state index is 12.5. The smallest absolute Gasteiger partial charge is 0.338 e.